The largest absolute Gasteiger partial charge is 0.495 e. The predicted octanol–water partition coefficient (Wildman–Crippen LogP) is 3.13. The first-order chi connectivity index (χ1) is 18.6. The summed E-state index contributed by atoms with van der Waals surface area (Å²) in [6.45, 7) is 5.20. The maximum atomic E-state index is 13.1. The SMILES string of the molecule is CN=C(N=C1CN(C)C(=O)C(C)(C)CN1C1CCCC1)Nc1ccc(C(=O)N[C@@H]2CC[C@@H](CO)C2)cc1OC. The number of aliphatic hydroxyl groups is 1. The zero-order valence-electron chi connectivity index (χ0n) is 24.0. The highest BCUT2D eigenvalue weighted by atomic mass is 16.5. The maximum Gasteiger partial charge on any atom is 0.251 e. The molecule has 1 heterocycles. The standard InChI is InChI=1S/C29H44N6O4/c1-29(2)18-35(22-8-6-7-9-22)25(16-34(4)27(29)38)33-28(30-3)32-23-13-11-20(15-24(23)39-5)26(37)31-21-12-10-19(14-21)17-36/h11,13,15,19,21-22,36H,6-10,12,14,16-18H2,1-5H3,(H,30,32)(H,31,37)/t19-,21-/m1/s1. The van der Waals surface area contributed by atoms with E-state index in [0.717, 1.165) is 37.9 Å². The molecule has 1 aliphatic heterocycles. The van der Waals surface area contributed by atoms with Gasteiger partial charge < -0.3 is 30.3 Å². The van der Waals surface area contributed by atoms with Crippen LogP contribution in [0.4, 0.5) is 5.69 Å². The molecule has 0 bridgehead atoms. The second-order valence-corrected chi connectivity index (χ2v) is 11.8. The number of methoxy groups -OCH3 is 1. The van der Waals surface area contributed by atoms with Gasteiger partial charge in [0.25, 0.3) is 5.91 Å². The number of amidine groups is 1. The van der Waals surface area contributed by atoms with Crippen molar-refractivity contribution >= 4 is 29.3 Å². The Morgan fingerprint density at radius 2 is 1.95 bits per heavy atom. The van der Waals surface area contributed by atoms with Gasteiger partial charge in [0.1, 0.15) is 11.6 Å². The van der Waals surface area contributed by atoms with Crippen molar-refractivity contribution in [1.82, 2.24) is 15.1 Å². The van der Waals surface area contributed by atoms with E-state index >= 15 is 0 Å². The van der Waals surface area contributed by atoms with E-state index in [9.17, 15) is 14.7 Å². The van der Waals surface area contributed by atoms with Crippen LogP contribution in [0.1, 0.15) is 69.2 Å². The molecule has 4 rings (SSSR count). The molecule has 1 aromatic rings. The van der Waals surface area contributed by atoms with Crippen LogP contribution in [0.15, 0.2) is 28.2 Å². The maximum absolute atomic E-state index is 13.1. The third-order valence-electron chi connectivity index (χ3n) is 8.26. The number of aliphatic imine (C=N–C) groups is 2. The van der Waals surface area contributed by atoms with Gasteiger partial charge in [-0.25, -0.2) is 0 Å². The van der Waals surface area contributed by atoms with Gasteiger partial charge in [-0.15, -0.1) is 0 Å². The topological polar surface area (TPSA) is 119 Å². The Balaban J connectivity index is 1.53. The number of ether oxygens (including phenoxy) is 1. The normalized spacial score (nSPS) is 25.2. The average molecular weight is 541 g/mol. The van der Waals surface area contributed by atoms with Gasteiger partial charge >= 0.3 is 0 Å². The van der Waals surface area contributed by atoms with Gasteiger partial charge in [-0.3, -0.25) is 14.6 Å². The molecule has 1 saturated heterocycles. The Morgan fingerprint density at radius 1 is 1.21 bits per heavy atom. The molecule has 2 aliphatic carbocycles. The first kappa shape index (κ1) is 28.9. The summed E-state index contributed by atoms with van der Waals surface area (Å²) in [5, 5.41) is 15.7. The highest BCUT2D eigenvalue weighted by molar-refractivity contribution is 6.05. The van der Waals surface area contributed by atoms with Crippen molar-refractivity contribution in [3.8, 4) is 5.75 Å². The molecule has 3 aliphatic rings. The van der Waals surface area contributed by atoms with Gasteiger partial charge in [-0.2, -0.15) is 4.99 Å². The van der Waals surface area contributed by atoms with Crippen LogP contribution in [0.5, 0.6) is 5.75 Å². The Labute approximate surface area is 231 Å². The van der Waals surface area contributed by atoms with Crippen molar-refractivity contribution in [3.05, 3.63) is 23.8 Å². The van der Waals surface area contributed by atoms with E-state index in [1.54, 1.807) is 37.3 Å². The number of nitrogens with one attached hydrogen (secondary N) is 2. The molecule has 0 aromatic heterocycles. The fourth-order valence-corrected chi connectivity index (χ4v) is 6.08. The lowest BCUT2D eigenvalue weighted by molar-refractivity contribution is -0.137. The zero-order valence-corrected chi connectivity index (χ0v) is 24.0. The monoisotopic (exact) mass is 540 g/mol. The van der Waals surface area contributed by atoms with Crippen molar-refractivity contribution in [2.45, 2.75) is 70.9 Å². The van der Waals surface area contributed by atoms with Crippen molar-refractivity contribution in [1.29, 1.82) is 0 Å². The van der Waals surface area contributed by atoms with Crippen molar-refractivity contribution in [3.63, 3.8) is 0 Å². The van der Waals surface area contributed by atoms with E-state index in [4.69, 9.17) is 9.73 Å². The Morgan fingerprint density at radius 3 is 2.59 bits per heavy atom. The Hall–Kier alpha value is -3.14. The van der Waals surface area contributed by atoms with Crippen LogP contribution in [0.3, 0.4) is 0 Å². The molecule has 0 radical (unpaired) electrons. The highest BCUT2D eigenvalue weighted by Gasteiger charge is 2.40. The van der Waals surface area contributed by atoms with E-state index in [-0.39, 0.29) is 30.4 Å². The Kier molecular flexibility index (Phi) is 9.15. The fourth-order valence-electron chi connectivity index (χ4n) is 6.08. The third kappa shape index (κ3) is 6.72. The number of amides is 2. The smallest absolute Gasteiger partial charge is 0.251 e. The quantitative estimate of drug-likeness (QED) is 0.377. The van der Waals surface area contributed by atoms with Crippen LogP contribution < -0.4 is 15.4 Å². The lowest BCUT2D eigenvalue weighted by atomic mass is 9.91. The average Bonchev–Trinajstić information content (AvgIpc) is 3.61. The van der Waals surface area contributed by atoms with E-state index in [1.807, 2.05) is 20.9 Å². The summed E-state index contributed by atoms with van der Waals surface area (Å²) in [7, 11) is 5.07. The van der Waals surface area contributed by atoms with Crippen LogP contribution in [0.25, 0.3) is 0 Å². The molecule has 3 fully saturated rings. The van der Waals surface area contributed by atoms with Crippen LogP contribution >= 0.6 is 0 Å². The minimum Gasteiger partial charge on any atom is -0.495 e. The summed E-state index contributed by atoms with van der Waals surface area (Å²) in [4.78, 5) is 39.4. The van der Waals surface area contributed by atoms with Crippen LogP contribution in [-0.4, -0.2) is 91.5 Å². The van der Waals surface area contributed by atoms with Crippen molar-refractivity contribution in [2.75, 3.05) is 46.2 Å². The number of nitrogens with zero attached hydrogens (tertiary/aromatic N) is 4. The lowest BCUT2D eigenvalue weighted by Crippen LogP contribution is -2.45. The van der Waals surface area contributed by atoms with Gasteiger partial charge in [-0.05, 0) is 70.1 Å². The molecular weight excluding hydrogens is 496 g/mol. The number of carbonyl (C=O) groups excluding carboxylic acids is 2. The lowest BCUT2D eigenvalue weighted by Gasteiger charge is -2.34. The highest BCUT2D eigenvalue weighted by Crippen LogP contribution is 2.32. The number of hydrogen-bond donors (Lipinski definition) is 3. The number of benzene rings is 1. The predicted molar refractivity (Wildman–Crippen MR) is 153 cm³/mol. The first-order valence-electron chi connectivity index (χ1n) is 14.1. The minimum atomic E-state index is -0.511. The summed E-state index contributed by atoms with van der Waals surface area (Å²) in [6.07, 6.45) is 7.16. The number of hydrogen-bond acceptors (Lipinski definition) is 5. The first-order valence-corrected chi connectivity index (χ1v) is 14.1. The number of anilines is 1. The summed E-state index contributed by atoms with van der Waals surface area (Å²) < 4.78 is 5.61. The van der Waals surface area contributed by atoms with E-state index in [1.165, 1.54) is 12.8 Å². The van der Waals surface area contributed by atoms with Gasteiger partial charge in [0.2, 0.25) is 11.9 Å². The van der Waals surface area contributed by atoms with Gasteiger partial charge in [0.05, 0.1) is 24.8 Å². The van der Waals surface area contributed by atoms with Crippen molar-refractivity contribution in [2.24, 2.45) is 21.3 Å². The van der Waals surface area contributed by atoms with Crippen molar-refractivity contribution < 1.29 is 19.4 Å². The number of aliphatic hydroxyl groups excluding tert-OH is 1. The molecule has 1 aromatic carbocycles. The molecule has 214 valence electrons. The number of rotatable bonds is 6. The van der Waals surface area contributed by atoms with Gasteiger partial charge in [-0.1, -0.05) is 12.8 Å². The van der Waals surface area contributed by atoms with Gasteiger partial charge in [0, 0.05) is 44.9 Å². The van der Waals surface area contributed by atoms with Gasteiger partial charge in [0.15, 0.2) is 0 Å². The second kappa shape index (κ2) is 12.4. The summed E-state index contributed by atoms with van der Waals surface area (Å²) >= 11 is 0. The third-order valence-corrected chi connectivity index (χ3v) is 8.26. The summed E-state index contributed by atoms with van der Waals surface area (Å²) in [5.74, 6) is 1.94. The fraction of sp³-hybridized carbons (Fsp3) is 0.655. The molecule has 3 N–H and O–H groups in total. The molecule has 0 unspecified atom stereocenters. The van der Waals surface area contributed by atoms with E-state index in [0.29, 0.717) is 42.1 Å². The number of carbonyl (C=O) groups is 2. The Bertz CT molecular complexity index is 1110. The summed E-state index contributed by atoms with van der Waals surface area (Å²) in [6, 6.07) is 5.70. The zero-order chi connectivity index (χ0) is 28.2. The number of guanidine groups is 1. The van der Waals surface area contributed by atoms with E-state index in [2.05, 4.69) is 20.5 Å². The number of likely N-dealkylation sites (N-methyl/N-ethyl adjacent to an activating group) is 1. The van der Waals surface area contributed by atoms with Crippen LogP contribution in [0.2, 0.25) is 0 Å². The molecule has 10 nitrogen and oxygen atoms in total. The molecule has 0 spiro atoms. The molecule has 2 amide bonds. The molecule has 39 heavy (non-hydrogen) atoms. The minimum absolute atomic E-state index is 0.0745. The summed E-state index contributed by atoms with van der Waals surface area (Å²) in [5.41, 5.74) is 0.638. The molecule has 10 heteroatoms. The van der Waals surface area contributed by atoms with Crippen LogP contribution in [-0.2, 0) is 4.79 Å². The van der Waals surface area contributed by atoms with Crippen LogP contribution in [0, 0.1) is 11.3 Å². The second-order valence-electron chi connectivity index (χ2n) is 11.8. The van der Waals surface area contributed by atoms with E-state index < -0.39 is 5.41 Å². The molecule has 2 atom stereocenters. The molecular formula is C29H44N6O4. The molecule has 2 saturated carbocycles.